The highest BCUT2D eigenvalue weighted by molar-refractivity contribution is 6.10. The fraction of sp³-hybridized carbons (Fsp3) is 0.190. The highest BCUT2D eigenvalue weighted by atomic mass is 16.5. The Labute approximate surface area is 281 Å². The Bertz CT molecular complexity index is 2350. The van der Waals surface area contributed by atoms with Crippen molar-refractivity contribution in [3.05, 3.63) is 138 Å². The van der Waals surface area contributed by atoms with E-state index in [9.17, 15) is 0 Å². The molecule has 7 aromatic rings. The summed E-state index contributed by atoms with van der Waals surface area (Å²) in [4.78, 5) is 17.9. The number of pyridine rings is 1. The predicted molar refractivity (Wildman–Crippen MR) is 195 cm³/mol. The monoisotopic (exact) mass is 627 g/mol. The van der Waals surface area contributed by atoms with Crippen LogP contribution in [-0.4, -0.2) is 19.5 Å². The van der Waals surface area contributed by atoms with Crippen molar-refractivity contribution in [2.24, 2.45) is 0 Å². The maximum atomic E-state index is 7.77. The normalized spacial score (nSPS) is 11.9. The smallest absolute Gasteiger partial charge is 0.191 e. The number of hydrogen-bond donors (Lipinski definition) is 0. The molecule has 0 radical (unpaired) electrons. The van der Waals surface area contributed by atoms with Gasteiger partial charge in [0.25, 0.3) is 0 Å². The summed E-state index contributed by atoms with van der Waals surface area (Å²) >= 11 is 0. The topological polar surface area (TPSA) is 57.2 Å². The first kappa shape index (κ1) is 30.8. The predicted octanol–water partition coefficient (Wildman–Crippen LogP) is 11.2. The number of benzene rings is 4. The Hall–Kier alpha value is -5.80. The maximum absolute atomic E-state index is 7.77. The summed E-state index contributed by atoms with van der Waals surface area (Å²) in [5.41, 5.74) is 7.52. The molecule has 0 bridgehead atoms. The van der Waals surface area contributed by atoms with Crippen LogP contribution in [0, 0.1) is 6.57 Å². The van der Waals surface area contributed by atoms with Crippen molar-refractivity contribution in [2.75, 3.05) is 0 Å². The molecule has 0 N–H and O–H groups in total. The van der Waals surface area contributed by atoms with Gasteiger partial charge >= 0.3 is 0 Å². The van der Waals surface area contributed by atoms with Crippen LogP contribution in [0.5, 0.6) is 11.5 Å². The van der Waals surface area contributed by atoms with Crippen molar-refractivity contribution in [1.82, 2.24) is 19.5 Å². The molecule has 0 spiro atoms. The van der Waals surface area contributed by atoms with Crippen LogP contribution in [0.25, 0.3) is 55.0 Å². The zero-order valence-corrected chi connectivity index (χ0v) is 28.1. The molecule has 0 unspecified atom stereocenters. The van der Waals surface area contributed by atoms with Crippen molar-refractivity contribution in [2.45, 2.75) is 52.4 Å². The number of nitrogens with zero attached hydrogens (tertiary/aromatic N) is 5. The molecule has 0 saturated carbocycles. The zero-order valence-electron chi connectivity index (χ0n) is 28.1. The molecule has 0 atom stereocenters. The number of aromatic nitrogens is 4. The summed E-state index contributed by atoms with van der Waals surface area (Å²) in [7, 11) is 0. The summed E-state index contributed by atoms with van der Waals surface area (Å²) in [6.07, 6.45) is 3.66. The van der Waals surface area contributed by atoms with Gasteiger partial charge in [0.2, 0.25) is 0 Å². The Morgan fingerprint density at radius 3 is 2.17 bits per heavy atom. The summed E-state index contributed by atoms with van der Waals surface area (Å²) in [6.45, 7) is 20.8. The van der Waals surface area contributed by atoms with Crippen molar-refractivity contribution in [1.29, 1.82) is 0 Å². The lowest BCUT2D eigenvalue weighted by Gasteiger charge is -2.20. The molecular weight excluding hydrogens is 590 g/mol. The van der Waals surface area contributed by atoms with Gasteiger partial charge in [-0.05, 0) is 82.8 Å². The maximum Gasteiger partial charge on any atom is 0.191 e. The molecule has 236 valence electrons. The van der Waals surface area contributed by atoms with Crippen LogP contribution in [0.4, 0.5) is 5.69 Å². The van der Waals surface area contributed by atoms with E-state index in [1.54, 1.807) is 18.3 Å². The van der Waals surface area contributed by atoms with Gasteiger partial charge in [-0.3, -0.25) is 4.57 Å². The van der Waals surface area contributed by atoms with Crippen molar-refractivity contribution in [3.8, 4) is 39.8 Å². The first-order chi connectivity index (χ1) is 23.0. The van der Waals surface area contributed by atoms with Gasteiger partial charge in [0.1, 0.15) is 17.3 Å². The second-order valence-electron chi connectivity index (χ2n) is 14.2. The highest BCUT2D eigenvalue weighted by Crippen LogP contribution is 2.39. The fourth-order valence-electron chi connectivity index (χ4n) is 6.02. The molecule has 3 heterocycles. The quantitative estimate of drug-likeness (QED) is 0.178. The summed E-state index contributed by atoms with van der Waals surface area (Å²) in [5, 5.41) is 2.23. The fourth-order valence-corrected chi connectivity index (χ4v) is 6.02. The van der Waals surface area contributed by atoms with Crippen LogP contribution in [0.1, 0.15) is 52.8 Å². The average molecular weight is 628 g/mol. The van der Waals surface area contributed by atoms with Gasteiger partial charge in [0, 0.05) is 45.9 Å². The molecule has 0 fully saturated rings. The van der Waals surface area contributed by atoms with Crippen molar-refractivity contribution < 1.29 is 4.74 Å². The van der Waals surface area contributed by atoms with Crippen LogP contribution < -0.4 is 4.74 Å². The molecule has 0 amide bonds. The zero-order chi connectivity index (χ0) is 33.6. The van der Waals surface area contributed by atoms with E-state index in [2.05, 4.69) is 123 Å². The van der Waals surface area contributed by atoms with Crippen molar-refractivity contribution >= 4 is 27.5 Å². The number of rotatable bonds is 5. The first-order valence-electron chi connectivity index (χ1n) is 16.1. The molecule has 4 aromatic carbocycles. The van der Waals surface area contributed by atoms with E-state index in [4.69, 9.17) is 21.3 Å². The minimum absolute atomic E-state index is 0.0348. The number of hydrogen-bond acceptors (Lipinski definition) is 4. The lowest BCUT2D eigenvalue weighted by Crippen LogP contribution is -2.14. The molecule has 6 nitrogen and oxygen atoms in total. The lowest BCUT2D eigenvalue weighted by molar-refractivity contribution is 0.484. The summed E-state index contributed by atoms with van der Waals surface area (Å²) in [5.74, 6) is 2.61. The second kappa shape index (κ2) is 11.8. The van der Waals surface area contributed by atoms with Gasteiger partial charge in [0.15, 0.2) is 11.5 Å². The van der Waals surface area contributed by atoms with Crippen LogP contribution >= 0.6 is 0 Å². The highest BCUT2D eigenvalue weighted by Gasteiger charge is 2.20. The van der Waals surface area contributed by atoms with E-state index in [0.29, 0.717) is 23.0 Å². The van der Waals surface area contributed by atoms with Gasteiger partial charge in [-0.2, -0.15) is 0 Å². The molecule has 0 aliphatic heterocycles. The van der Waals surface area contributed by atoms with Crippen LogP contribution in [0.3, 0.4) is 0 Å². The standard InChI is InChI=1S/C42H37N5O/c1-41(2,3)30-17-19-44-39(24-30)47-36-16-13-28(27-11-9-8-10-12-27)23-35(36)34-15-14-32(26-37(34)47)48-33-22-29(21-31(25-33)43-7)40-45-20-18-38(46-40)42(4,5)6/h8-26H,1-6H3. The Balaban J connectivity index is 1.37. The van der Waals surface area contributed by atoms with E-state index in [-0.39, 0.29) is 10.8 Å². The molecule has 6 heteroatoms. The number of ether oxygens (including phenoxy) is 1. The first-order valence-corrected chi connectivity index (χ1v) is 16.1. The number of fused-ring (bicyclic) bond motifs is 3. The molecular formula is C42H37N5O. The largest absolute Gasteiger partial charge is 0.459 e. The van der Waals surface area contributed by atoms with Gasteiger partial charge in [-0.15, -0.1) is 0 Å². The van der Waals surface area contributed by atoms with E-state index < -0.39 is 0 Å². The van der Waals surface area contributed by atoms with Gasteiger partial charge in [0.05, 0.1) is 17.6 Å². The summed E-state index contributed by atoms with van der Waals surface area (Å²) in [6, 6.07) is 34.9. The van der Waals surface area contributed by atoms with E-state index >= 15 is 0 Å². The molecule has 0 aliphatic carbocycles. The average Bonchev–Trinajstić information content (AvgIpc) is 3.40. The molecule has 0 aliphatic rings. The lowest BCUT2D eigenvalue weighted by atomic mass is 9.88. The van der Waals surface area contributed by atoms with Gasteiger partial charge in [-0.1, -0.05) is 77.9 Å². The Morgan fingerprint density at radius 1 is 0.625 bits per heavy atom. The Morgan fingerprint density at radius 2 is 1.42 bits per heavy atom. The van der Waals surface area contributed by atoms with Crippen LogP contribution in [-0.2, 0) is 10.8 Å². The van der Waals surface area contributed by atoms with Gasteiger partial charge < -0.3 is 4.74 Å². The van der Waals surface area contributed by atoms with E-state index in [1.807, 2.05) is 30.5 Å². The molecule has 48 heavy (non-hydrogen) atoms. The Kier molecular flexibility index (Phi) is 7.56. The van der Waals surface area contributed by atoms with Crippen LogP contribution in [0.15, 0.2) is 116 Å². The molecule has 7 rings (SSSR count). The third kappa shape index (κ3) is 5.91. The minimum atomic E-state index is -0.134. The molecule has 0 saturated heterocycles. The van der Waals surface area contributed by atoms with Crippen LogP contribution in [0.2, 0.25) is 0 Å². The van der Waals surface area contributed by atoms with Crippen molar-refractivity contribution in [3.63, 3.8) is 0 Å². The third-order valence-corrected chi connectivity index (χ3v) is 8.62. The van der Waals surface area contributed by atoms with Gasteiger partial charge in [-0.25, -0.2) is 19.8 Å². The third-order valence-electron chi connectivity index (χ3n) is 8.62. The summed E-state index contributed by atoms with van der Waals surface area (Å²) < 4.78 is 8.73. The SMILES string of the molecule is [C-]#[N+]c1cc(Oc2ccc3c4cc(-c5ccccc5)ccc4n(-c4cc(C(C)(C)C)ccn4)c3c2)cc(-c2nccc(C(C)(C)C)n2)c1. The van der Waals surface area contributed by atoms with E-state index in [0.717, 1.165) is 44.4 Å². The van der Waals surface area contributed by atoms with E-state index in [1.165, 1.54) is 11.1 Å². The minimum Gasteiger partial charge on any atom is -0.459 e. The molecule has 3 aromatic heterocycles. The second-order valence-corrected chi connectivity index (χ2v) is 14.2.